The topological polar surface area (TPSA) is 56.8 Å². The van der Waals surface area contributed by atoms with Crippen molar-refractivity contribution in [1.29, 1.82) is 0 Å². The van der Waals surface area contributed by atoms with Crippen molar-refractivity contribution in [2.45, 2.75) is 24.6 Å². The summed E-state index contributed by atoms with van der Waals surface area (Å²) in [6.45, 7) is 0. The number of rotatable bonds is 6. The fourth-order valence-electron chi connectivity index (χ4n) is 3.10. The lowest BCUT2D eigenvalue weighted by Crippen LogP contribution is -2.35. The lowest BCUT2D eigenvalue weighted by atomic mass is 10.0. The van der Waals surface area contributed by atoms with Gasteiger partial charge in [-0.2, -0.15) is 13.2 Å². The Balaban J connectivity index is 1.91. The zero-order chi connectivity index (χ0) is 20.5. The maximum absolute atomic E-state index is 13.0. The van der Waals surface area contributed by atoms with Crippen LogP contribution >= 0.6 is 0 Å². The second kappa shape index (κ2) is 7.26. The molecule has 1 aliphatic carbocycles. The van der Waals surface area contributed by atoms with Crippen LogP contribution in [0.25, 0.3) is 0 Å². The van der Waals surface area contributed by atoms with Gasteiger partial charge in [0, 0.05) is 12.1 Å². The molecule has 0 aromatic heterocycles. The minimum Gasteiger partial charge on any atom is -0.496 e. The average Bonchev–Trinajstić information content (AvgIpc) is 3.46. The van der Waals surface area contributed by atoms with E-state index in [1.165, 1.54) is 39.5 Å². The maximum atomic E-state index is 13.0. The van der Waals surface area contributed by atoms with Crippen LogP contribution in [0.15, 0.2) is 36.4 Å². The van der Waals surface area contributed by atoms with Crippen molar-refractivity contribution in [2.24, 2.45) is 0 Å². The molecule has 3 rings (SSSR count). The number of ether oxygens (including phenoxy) is 3. The van der Waals surface area contributed by atoms with Gasteiger partial charge in [-0.1, -0.05) is 12.1 Å². The van der Waals surface area contributed by atoms with Crippen molar-refractivity contribution in [1.82, 2.24) is 5.32 Å². The van der Waals surface area contributed by atoms with Crippen LogP contribution in [0.4, 0.5) is 13.2 Å². The van der Waals surface area contributed by atoms with Crippen molar-refractivity contribution in [3.05, 3.63) is 53.1 Å². The van der Waals surface area contributed by atoms with Crippen molar-refractivity contribution in [2.75, 3.05) is 21.3 Å². The smallest absolute Gasteiger partial charge is 0.416 e. The Morgan fingerprint density at radius 1 is 0.964 bits per heavy atom. The Bertz CT molecular complexity index is 892. The lowest BCUT2D eigenvalue weighted by Gasteiger charge is -2.21. The maximum Gasteiger partial charge on any atom is 0.416 e. The molecule has 0 radical (unpaired) electrons. The molecule has 2 aromatic carbocycles. The summed E-state index contributed by atoms with van der Waals surface area (Å²) in [4.78, 5) is 12.9. The molecule has 0 unspecified atom stereocenters. The molecule has 1 N–H and O–H groups in total. The minimum atomic E-state index is -4.44. The van der Waals surface area contributed by atoms with E-state index in [9.17, 15) is 18.0 Å². The molecule has 28 heavy (non-hydrogen) atoms. The summed E-state index contributed by atoms with van der Waals surface area (Å²) in [6, 6.07) is 8.04. The molecule has 1 saturated carbocycles. The van der Waals surface area contributed by atoms with Crippen molar-refractivity contribution < 1.29 is 32.2 Å². The zero-order valence-electron chi connectivity index (χ0n) is 15.6. The van der Waals surface area contributed by atoms with Crippen molar-refractivity contribution in [3.63, 3.8) is 0 Å². The number of benzene rings is 2. The first-order chi connectivity index (χ1) is 13.2. The van der Waals surface area contributed by atoms with E-state index in [1.807, 2.05) is 0 Å². The number of hydrogen-bond donors (Lipinski definition) is 1. The Kier molecular flexibility index (Phi) is 5.14. The molecule has 0 saturated heterocycles. The first-order valence-electron chi connectivity index (χ1n) is 8.54. The summed E-state index contributed by atoms with van der Waals surface area (Å²) >= 11 is 0. The third-order valence-electron chi connectivity index (χ3n) is 4.80. The monoisotopic (exact) mass is 395 g/mol. The third kappa shape index (κ3) is 3.72. The molecular weight excluding hydrogens is 375 g/mol. The van der Waals surface area contributed by atoms with Gasteiger partial charge in [0.15, 0.2) is 11.5 Å². The minimum absolute atomic E-state index is 0.207. The SMILES string of the molecule is COc1cc(OC)c(C(=O)NC2(c3cccc(C(F)(F)F)c3)CC2)cc1OC. The first-order valence-corrected chi connectivity index (χ1v) is 8.54. The van der Waals surface area contributed by atoms with Crippen LogP contribution in [-0.4, -0.2) is 27.2 Å². The highest BCUT2D eigenvalue weighted by atomic mass is 19.4. The van der Waals surface area contributed by atoms with Crippen LogP contribution in [0.3, 0.4) is 0 Å². The average molecular weight is 395 g/mol. The van der Waals surface area contributed by atoms with Gasteiger partial charge in [0.2, 0.25) is 0 Å². The van der Waals surface area contributed by atoms with Gasteiger partial charge in [-0.05, 0) is 30.5 Å². The molecule has 0 aliphatic heterocycles. The number of methoxy groups -OCH3 is 3. The van der Waals surface area contributed by atoms with Crippen molar-refractivity contribution >= 4 is 5.91 Å². The highest BCUT2D eigenvalue weighted by Gasteiger charge is 2.47. The highest BCUT2D eigenvalue weighted by molar-refractivity contribution is 5.98. The number of amides is 1. The van der Waals surface area contributed by atoms with Crippen molar-refractivity contribution in [3.8, 4) is 17.2 Å². The summed E-state index contributed by atoms with van der Waals surface area (Å²) in [5.41, 5.74) is -0.931. The van der Waals surface area contributed by atoms with Crippen LogP contribution in [0.5, 0.6) is 17.2 Å². The quantitative estimate of drug-likeness (QED) is 0.798. The number of alkyl halides is 3. The number of carbonyl (C=O) groups excluding carboxylic acids is 1. The van der Waals surface area contributed by atoms with Crippen LogP contribution in [0, 0.1) is 0 Å². The third-order valence-corrected chi connectivity index (χ3v) is 4.80. The van der Waals surface area contributed by atoms with E-state index in [4.69, 9.17) is 14.2 Å². The van der Waals surface area contributed by atoms with E-state index in [0.717, 1.165) is 12.1 Å². The second-order valence-corrected chi connectivity index (χ2v) is 6.52. The van der Waals surface area contributed by atoms with Gasteiger partial charge < -0.3 is 19.5 Å². The van der Waals surface area contributed by atoms with E-state index in [0.29, 0.717) is 29.9 Å². The number of carbonyl (C=O) groups is 1. The standard InChI is InChI=1S/C20H20F3NO4/c1-26-15-11-17(28-3)16(27-2)10-14(15)18(25)24-19(7-8-19)12-5-4-6-13(9-12)20(21,22)23/h4-6,9-11H,7-8H2,1-3H3,(H,24,25). The fourth-order valence-corrected chi connectivity index (χ4v) is 3.10. The highest BCUT2D eigenvalue weighted by Crippen LogP contribution is 2.47. The molecule has 0 atom stereocenters. The van der Waals surface area contributed by atoms with E-state index in [2.05, 4.69) is 5.32 Å². The molecule has 0 heterocycles. The normalized spacial score (nSPS) is 14.9. The predicted octanol–water partition coefficient (Wildman–Crippen LogP) is 4.15. The number of nitrogens with one attached hydrogen (secondary N) is 1. The molecule has 1 fully saturated rings. The zero-order valence-corrected chi connectivity index (χ0v) is 15.6. The van der Waals surface area contributed by atoms with E-state index < -0.39 is 23.2 Å². The predicted molar refractivity (Wildman–Crippen MR) is 95.9 cm³/mol. The van der Waals surface area contributed by atoms with Crippen LogP contribution in [0.1, 0.15) is 34.3 Å². The largest absolute Gasteiger partial charge is 0.496 e. The van der Waals surface area contributed by atoms with E-state index in [1.54, 1.807) is 6.07 Å². The Morgan fingerprint density at radius 2 is 1.57 bits per heavy atom. The second-order valence-electron chi connectivity index (χ2n) is 6.52. The molecule has 1 aliphatic rings. The molecule has 8 heteroatoms. The van der Waals surface area contributed by atoms with Crippen LogP contribution < -0.4 is 19.5 Å². The van der Waals surface area contributed by atoms with E-state index >= 15 is 0 Å². The van der Waals surface area contributed by atoms with Gasteiger partial charge in [-0.3, -0.25) is 4.79 Å². The van der Waals surface area contributed by atoms with Gasteiger partial charge in [0.25, 0.3) is 5.91 Å². The first kappa shape index (κ1) is 19.9. The molecule has 5 nitrogen and oxygen atoms in total. The van der Waals surface area contributed by atoms with Crippen LogP contribution in [0.2, 0.25) is 0 Å². The molecule has 2 aromatic rings. The Hall–Kier alpha value is -2.90. The summed E-state index contributed by atoms with van der Waals surface area (Å²) in [7, 11) is 4.32. The van der Waals surface area contributed by atoms with Gasteiger partial charge in [0.05, 0.1) is 38.0 Å². The molecule has 0 spiro atoms. The van der Waals surface area contributed by atoms with Crippen LogP contribution in [-0.2, 0) is 11.7 Å². The Morgan fingerprint density at radius 3 is 2.11 bits per heavy atom. The Labute approximate surface area is 160 Å². The summed E-state index contributed by atoms with van der Waals surface area (Å²) < 4.78 is 54.8. The molecular formula is C20H20F3NO4. The number of hydrogen-bond acceptors (Lipinski definition) is 4. The van der Waals surface area contributed by atoms with Gasteiger partial charge in [-0.25, -0.2) is 0 Å². The van der Waals surface area contributed by atoms with Gasteiger partial charge in [-0.15, -0.1) is 0 Å². The summed E-state index contributed by atoms with van der Waals surface area (Å²) in [6.07, 6.45) is -3.34. The summed E-state index contributed by atoms with van der Waals surface area (Å²) in [5, 5.41) is 2.86. The molecule has 1 amide bonds. The lowest BCUT2D eigenvalue weighted by molar-refractivity contribution is -0.137. The van der Waals surface area contributed by atoms with Gasteiger partial charge >= 0.3 is 6.18 Å². The van der Waals surface area contributed by atoms with E-state index in [-0.39, 0.29) is 11.3 Å². The molecule has 0 bridgehead atoms. The van der Waals surface area contributed by atoms with Gasteiger partial charge in [0.1, 0.15) is 5.75 Å². The molecule has 150 valence electrons. The number of halogens is 3. The summed E-state index contributed by atoms with van der Waals surface area (Å²) in [5.74, 6) is 0.551. The fraction of sp³-hybridized carbons (Fsp3) is 0.350.